The van der Waals surface area contributed by atoms with Gasteiger partial charge in [0.2, 0.25) is 5.95 Å². The summed E-state index contributed by atoms with van der Waals surface area (Å²) in [5.74, 6) is -0.974. The molecular weight excluding hydrogens is 542 g/mol. The molecule has 204 valence electrons. The molecule has 0 radical (unpaired) electrons. The highest BCUT2D eigenvalue weighted by Gasteiger charge is 2.29. The molecule has 0 spiro atoms. The number of carbonyl (C=O) groups excluding carboxylic acids is 1. The van der Waals surface area contributed by atoms with Gasteiger partial charge in [-0.15, -0.1) is 0 Å². The fourth-order valence-corrected chi connectivity index (χ4v) is 4.64. The monoisotopic (exact) mass is 563 g/mol. The Balaban J connectivity index is 1.58. The second kappa shape index (κ2) is 11.1. The zero-order chi connectivity index (χ0) is 29.0. The Hall–Kier alpha value is -5.44. The van der Waals surface area contributed by atoms with Crippen LogP contribution in [-0.2, 0) is 10.0 Å². The third-order valence-corrected chi connectivity index (χ3v) is 6.77. The number of para-hydroxylation sites is 1. The number of hydrogen-bond acceptors (Lipinski definition) is 10. The van der Waals surface area contributed by atoms with Gasteiger partial charge in [-0.05, 0) is 56.3 Å². The Bertz CT molecular complexity index is 1670. The zero-order valence-corrected chi connectivity index (χ0v) is 21.8. The van der Waals surface area contributed by atoms with Crippen LogP contribution in [0.15, 0.2) is 77.7 Å². The maximum absolute atomic E-state index is 12.9. The van der Waals surface area contributed by atoms with Gasteiger partial charge in [-0.1, -0.05) is 18.2 Å². The first-order valence-electron chi connectivity index (χ1n) is 11.5. The Morgan fingerprint density at radius 1 is 0.800 bits per heavy atom. The minimum atomic E-state index is -4.05. The van der Waals surface area contributed by atoms with E-state index in [0.717, 1.165) is 12.1 Å². The number of sulfonamides is 1. The van der Waals surface area contributed by atoms with E-state index in [1.54, 1.807) is 50.2 Å². The molecule has 0 atom stereocenters. The van der Waals surface area contributed by atoms with E-state index in [1.165, 1.54) is 24.3 Å². The van der Waals surface area contributed by atoms with Crippen molar-refractivity contribution in [1.82, 2.24) is 9.97 Å². The van der Waals surface area contributed by atoms with E-state index in [9.17, 15) is 33.4 Å². The third kappa shape index (κ3) is 6.33. The van der Waals surface area contributed by atoms with Crippen molar-refractivity contribution < 1.29 is 23.1 Å². The molecule has 0 bridgehead atoms. The number of nitro benzene ring substituents is 2. The molecule has 14 nitrogen and oxygen atoms in total. The molecule has 4 rings (SSSR count). The number of carbonyl (C=O) groups is 1. The van der Waals surface area contributed by atoms with Gasteiger partial charge in [-0.3, -0.25) is 25.0 Å². The van der Waals surface area contributed by atoms with Crippen LogP contribution in [0.2, 0.25) is 0 Å². The van der Waals surface area contributed by atoms with Crippen LogP contribution in [0, 0.1) is 34.1 Å². The molecule has 0 saturated carbocycles. The molecule has 0 aliphatic heterocycles. The van der Waals surface area contributed by atoms with Gasteiger partial charge in [-0.25, -0.2) is 23.1 Å². The fourth-order valence-electron chi connectivity index (χ4n) is 3.70. The average Bonchev–Trinajstić information content (AvgIpc) is 2.88. The summed E-state index contributed by atoms with van der Waals surface area (Å²) in [6.45, 7) is 3.39. The van der Waals surface area contributed by atoms with Gasteiger partial charge in [-0.2, -0.15) is 0 Å². The van der Waals surface area contributed by atoms with E-state index >= 15 is 0 Å². The summed E-state index contributed by atoms with van der Waals surface area (Å²) in [6, 6.07) is 16.7. The lowest BCUT2D eigenvalue weighted by atomic mass is 10.1. The predicted octanol–water partition coefficient (Wildman–Crippen LogP) is 4.71. The Kier molecular flexibility index (Phi) is 7.67. The van der Waals surface area contributed by atoms with Crippen LogP contribution in [0.25, 0.3) is 0 Å². The fraction of sp³-hybridized carbons (Fsp3) is 0.0800. The summed E-state index contributed by atoms with van der Waals surface area (Å²) in [4.78, 5) is 42.7. The second-order valence-corrected chi connectivity index (χ2v) is 10.1. The van der Waals surface area contributed by atoms with E-state index in [2.05, 4.69) is 25.3 Å². The van der Waals surface area contributed by atoms with Gasteiger partial charge in [0.25, 0.3) is 15.9 Å². The molecule has 15 heteroatoms. The number of nitrogens with zero attached hydrogens (tertiary/aromatic N) is 4. The van der Waals surface area contributed by atoms with Gasteiger partial charge >= 0.3 is 11.4 Å². The molecule has 40 heavy (non-hydrogen) atoms. The molecule has 1 heterocycles. The summed E-state index contributed by atoms with van der Waals surface area (Å²) < 4.78 is 27.8. The van der Waals surface area contributed by atoms with Crippen LogP contribution >= 0.6 is 0 Å². The summed E-state index contributed by atoms with van der Waals surface area (Å²) >= 11 is 0. The van der Waals surface area contributed by atoms with Gasteiger partial charge in [0.05, 0.1) is 20.3 Å². The first kappa shape index (κ1) is 27.6. The number of aromatic nitrogens is 2. The molecule has 0 unspecified atom stereocenters. The minimum Gasteiger partial charge on any atom is -0.344 e. The Morgan fingerprint density at radius 2 is 1.35 bits per heavy atom. The van der Waals surface area contributed by atoms with Gasteiger partial charge in [0, 0.05) is 34.9 Å². The molecule has 3 N–H and O–H groups in total. The largest absolute Gasteiger partial charge is 0.344 e. The third-order valence-electron chi connectivity index (χ3n) is 5.43. The summed E-state index contributed by atoms with van der Waals surface area (Å²) in [7, 11) is -4.05. The molecule has 1 amide bonds. The first-order chi connectivity index (χ1) is 18.9. The van der Waals surface area contributed by atoms with Crippen LogP contribution in [0.3, 0.4) is 0 Å². The van der Waals surface area contributed by atoms with Gasteiger partial charge in [0.15, 0.2) is 5.69 Å². The minimum absolute atomic E-state index is 0.0942. The first-order valence-corrected chi connectivity index (χ1v) is 13.0. The predicted molar refractivity (Wildman–Crippen MR) is 146 cm³/mol. The smallest absolute Gasteiger partial charge is 0.300 e. The van der Waals surface area contributed by atoms with Crippen molar-refractivity contribution in [3.05, 3.63) is 110 Å². The van der Waals surface area contributed by atoms with E-state index in [4.69, 9.17) is 0 Å². The van der Waals surface area contributed by atoms with Crippen molar-refractivity contribution in [3.63, 3.8) is 0 Å². The van der Waals surface area contributed by atoms with Crippen molar-refractivity contribution in [1.29, 1.82) is 0 Å². The van der Waals surface area contributed by atoms with E-state index in [1.807, 2.05) is 0 Å². The van der Waals surface area contributed by atoms with Crippen molar-refractivity contribution in [2.75, 3.05) is 15.4 Å². The van der Waals surface area contributed by atoms with E-state index in [0.29, 0.717) is 17.1 Å². The molecular formula is C25H21N7O7S. The highest BCUT2D eigenvalue weighted by atomic mass is 32.2. The number of benzene rings is 3. The van der Waals surface area contributed by atoms with Crippen molar-refractivity contribution in [2.45, 2.75) is 18.7 Å². The lowest BCUT2D eigenvalue weighted by molar-refractivity contribution is -0.392. The highest BCUT2D eigenvalue weighted by Crippen LogP contribution is 2.38. The molecule has 0 aliphatic rings. The maximum Gasteiger partial charge on any atom is 0.300 e. The number of hydrogen-bond donors (Lipinski definition) is 3. The molecule has 0 aliphatic carbocycles. The summed E-state index contributed by atoms with van der Waals surface area (Å²) in [6.07, 6.45) is 0. The molecule has 3 aromatic carbocycles. The molecule has 0 saturated heterocycles. The molecule has 4 aromatic rings. The number of nitro groups is 2. The maximum atomic E-state index is 12.9. The quantitative estimate of drug-likeness (QED) is 0.189. The summed E-state index contributed by atoms with van der Waals surface area (Å²) in [5.41, 5.74) is -0.410. The Labute approximate surface area is 227 Å². The Morgan fingerprint density at radius 3 is 1.88 bits per heavy atom. The van der Waals surface area contributed by atoms with Crippen molar-refractivity contribution in [3.8, 4) is 0 Å². The lowest BCUT2D eigenvalue weighted by Gasteiger charge is -2.11. The lowest BCUT2D eigenvalue weighted by Crippen LogP contribution is -2.16. The average molecular weight is 564 g/mol. The number of aryl methyl sites for hydroxylation is 2. The van der Waals surface area contributed by atoms with Crippen molar-refractivity contribution >= 4 is 50.3 Å². The number of rotatable bonds is 9. The SMILES string of the molecule is Cc1cc(C)nc(NS(=O)(=O)c2ccc(NC(=O)c3cc([N+](=O)[O-])c(Nc4ccccc4)c([N+](=O)[O-])c3)cc2)n1. The van der Waals surface area contributed by atoms with E-state index in [-0.39, 0.29) is 27.8 Å². The number of nitrogens with one attached hydrogen (secondary N) is 3. The standard InChI is InChI=1S/C25H21N7O7S/c1-15-12-16(2)27-25(26-15)30-40(38,39)20-10-8-19(9-11-20)29-24(33)17-13-21(31(34)35)23(22(14-17)32(36)37)28-18-6-4-3-5-7-18/h3-14,28H,1-2H3,(H,29,33)(H,26,27,30). The van der Waals surface area contributed by atoms with Gasteiger partial charge < -0.3 is 10.6 Å². The van der Waals surface area contributed by atoms with Crippen molar-refractivity contribution in [2.24, 2.45) is 0 Å². The number of anilines is 4. The second-order valence-electron chi connectivity index (χ2n) is 8.45. The zero-order valence-electron chi connectivity index (χ0n) is 21.0. The normalized spacial score (nSPS) is 10.9. The number of amides is 1. The topological polar surface area (TPSA) is 199 Å². The van der Waals surface area contributed by atoms with Crippen LogP contribution in [0.5, 0.6) is 0 Å². The van der Waals surface area contributed by atoms with Gasteiger partial charge in [0.1, 0.15) is 0 Å². The van der Waals surface area contributed by atoms with E-state index < -0.39 is 37.2 Å². The molecule has 1 aromatic heterocycles. The van der Waals surface area contributed by atoms with Crippen LogP contribution in [0.1, 0.15) is 21.7 Å². The van der Waals surface area contributed by atoms with Crippen LogP contribution in [-0.4, -0.2) is 34.1 Å². The van der Waals surface area contributed by atoms with Crippen LogP contribution < -0.4 is 15.4 Å². The molecule has 0 fully saturated rings. The van der Waals surface area contributed by atoms with Crippen LogP contribution in [0.4, 0.5) is 34.4 Å². The highest BCUT2D eigenvalue weighted by molar-refractivity contribution is 7.92. The summed E-state index contributed by atoms with van der Waals surface area (Å²) in [5, 5.41) is 28.7.